The van der Waals surface area contributed by atoms with Crippen LogP contribution in [0.4, 0.5) is 0 Å². The summed E-state index contributed by atoms with van der Waals surface area (Å²) in [6.45, 7) is 9.08. The van der Waals surface area contributed by atoms with Crippen molar-refractivity contribution in [1.29, 1.82) is 0 Å². The van der Waals surface area contributed by atoms with Crippen molar-refractivity contribution in [3.8, 4) is 0 Å². The van der Waals surface area contributed by atoms with Gasteiger partial charge in [-0.1, -0.05) is 36.4 Å². The van der Waals surface area contributed by atoms with Crippen LogP contribution in [-0.2, 0) is 16.6 Å². The van der Waals surface area contributed by atoms with Gasteiger partial charge in [-0.05, 0) is 44.5 Å². The molecule has 0 aromatic heterocycles. The van der Waals surface area contributed by atoms with Crippen molar-refractivity contribution >= 4 is 15.9 Å². The number of benzene rings is 2. The van der Waals surface area contributed by atoms with Gasteiger partial charge in [0.05, 0.1) is 4.90 Å². The normalized spacial score (nSPS) is 16.0. The molecule has 0 saturated carbocycles. The van der Waals surface area contributed by atoms with E-state index in [4.69, 9.17) is 0 Å². The van der Waals surface area contributed by atoms with Crippen LogP contribution in [0.15, 0.2) is 59.5 Å². The van der Waals surface area contributed by atoms with Crippen molar-refractivity contribution in [3.63, 3.8) is 0 Å². The quantitative estimate of drug-likeness (QED) is 0.815. The molecule has 1 N–H and O–H groups in total. The van der Waals surface area contributed by atoms with Gasteiger partial charge in [0.15, 0.2) is 0 Å². The minimum absolute atomic E-state index is 0.112. The zero-order valence-electron chi connectivity index (χ0n) is 17.3. The average molecular weight is 416 g/mol. The topological polar surface area (TPSA) is 69.7 Å². The Hall–Kier alpha value is -2.22. The molecule has 7 heteroatoms. The second-order valence-corrected chi connectivity index (χ2v) is 10.1. The third-order valence-electron chi connectivity index (χ3n) is 4.74. The summed E-state index contributed by atoms with van der Waals surface area (Å²) in [6.07, 6.45) is 0. The number of rotatable bonds is 5. The number of hydrogen-bond acceptors (Lipinski definition) is 4. The molecule has 3 rings (SSSR count). The summed E-state index contributed by atoms with van der Waals surface area (Å²) in [6, 6.07) is 16.6. The lowest BCUT2D eigenvalue weighted by Crippen LogP contribution is -2.48. The SMILES string of the molecule is CC(C)(C)NS(=O)(=O)c1cccc(C(=O)N2CCN(Cc3ccccc3)CC2)c1. The minimum Gasteiger partial charge on any atom is -0.336 e. The van der Waals surface area contributed by atoms with Crippen LogP contribution in [0.3, 0.4) is 0 Å². The van der Waals surface area contributed by atoms with Crippen LogP contribution in [0.1, 0.15) is 36.7 Å². The average Bonchev–Trinajstić information content (AvgIpc) is 2.67. The summed E-state index contributed by atoms with van der Waals surface area (Å²) in [5, 5.41) is 0. The molecular weight excluding hydrogens is 386 g/mol. The summed E-state index contributed by atoms with van der Waals surface area (Å²) in [5.41, 5.74) is 1.07. The Kier molecular flexibility index (Phi) is 6.41. The van der Waals surface area contributed by atoms with Gasteiger partial charge in [-0.25, -0.2) is 13.1 Å². The highest BCUT2D eigenvalue weighted by atomic mass is 32.2. The van der Waals surface area contributed by atoms with Crippen molar-refractivity contribution in [1.82, 2.24) is 14.5 Å². The maximum absolute atomic E-state index is 12.9. The molecule has 1 saturated heterocycles. The van der Waals surface area contributed by atoms with Gasteiger partial charge in [-0.2, -0.15) is 0 Å². The molecule has 0 aliphatic carbocycles. The van der Waals surface area contributed by atoms with E-state index in [0.29, 0.717) is 18.7 Å². The summed E-state index contributed by atoms with van der Waals surface area (Å²) < 4.78 is 27.8. The highest BCUT2D eigenvalue weighted by Crippen LogP contribution is 2.17. The van der Waals surface area contributed by atoms with E-state index in [0.717, 1.165) is 19.6 Å². The predicted octanol–water partition coefficient (Wildman–Crippen LogP) is 2.72. The number of nitrogens with one attached hydrogen (secondary N) is 1. The van der Waals surface area contributed by atoms with Crippen molar-refractivity contribution < 1.29 is 13.2 Å². The van der Waals surface area contributed by atoms with Gasteiger partial charge < -0.3 is 4.90 Å². The van der Waals surface area contributed by atoms with E-state index < -0.39 is 15.6 Å². The number of piperazine rings is 1. The van der Waals surface area contributed by atoms with Crippen LogP contribution in [0, 0.1) is 0 Å². The van der Waals surface area contributed by atoms with Crippen molar-refractivity contribution in [2.45, 2.75) is 37.8 Å². The van der Waals surface area contributed by atoms with Gasteiger partial charge in [0, 0.05) is 43.8 Å². The molecule has 0 spiro atoms. The largest absolute Gasteiger partial charge is 0.336 e. The Morgan fingerprint density at radius 2 is 1.62 bits per heavy atom. The van der Waals surface area contributed by atoms with Gasteiger partial charge >= 0.3 is 0 Å². The first-order valence-electron chi connectivity index (χ1n) is 9.84. The van der Waals surface area contributed by atoms with Crippen LogP contribution in [0.25, 0.3) is 0 Å². The zero-order valence-corrected chi connectivity index (χ0v) is 18.1. The lowest BCUT2D eigenvalue weighted by atomic mass is 10.1. The monoisotopic (exact) mass is 415 g/mol. The summed E-state index contributed by atoms with van der Waals surface area (Å²) in [7, 11) is -3.68. The van der Waals surface area contributed by atoms with Crippen molar-refractivity contribution in [2.75, 3.05) is 26.2 Å². The van der Waals surface area contributed by atoms with Crippen LogP contribution in [0.5, 0.6) is 0 Å². The first kappa shape index (κ1) is 21.5. The van der Waals surface area contributed by atoms with Crippen molar-refractivity contribution in [2.24, 2.45) is 0 Å². The molecule has 0 atom stereocenters. The standard InChI is InChI=1S/C22H29N3O3S/c1-22(2,3)23-29(27,28)20-11-7-10-19(16-20)21(26)25-14-12-24(13-15-25)17-18-8-5-4-6-9-18/h4-11,16,23H,12-15,17H2,1-3H3. The number of nitrogens with zero attached hydrogens (tertiary/aromatic N) is 2. The molecule has 2 aromatic carbocycles. The minimum atomic E-state index is -3.68. The Morgan fingerprint density at radius 3 is 2.24 bits per heavy atom. The summed E-state index contributed by atoms with van der Waals surface area (Å²) >= 11 is 0. The van der Waals surface area contributed by atoms with Gasteiger partial charge in [0.25, 0.3) is 5.91 Å². The molecule has 1 fully saturated rings. The smallest absolute Gasteiger partial charge is 0.253 e. The lowest BCUT2D eigenvalue weighted by molar-refractivity contribution is 0.0628. The van der Waals surface area contributed by atoms with E-state index in [2.05, 4.69) is 21.8 Å². The molecule has 0 bridgehead atoms. The van der Waals surface area contributed by atoms with Crippen molar-refractivity contribution in [3.05, 3.63) is 65.7 Å². The number of sulfonamides is 1. The molecule has 29 heavy (non-hydrogen) atoms. The third kappa shape index (κ3) is 5.88. The Balaban J connectivity index is 1.64. The highest BCUT2D eigenvalue weighted by molar-refractivity contribution is 7.89. The second kappa shape index (κ2) is 8.65. The lowest BCUT2D eigenvalue weighted by Gasteiger charge is -2.34. The number of hydrogen-bond donors (Lipinski definition) is 1. The zero-order chi connectivity index (χ0) is 21.1. The van der Waals surface area contributed by atoms with Crippen LogP contribution < -0.4 is 4.72 Å². The Bertz CT molecular complexity index is 945. The van der Waals surface area contributed by atoms with Crippen LogP contribution >= 0.6 is 0 Å². The van der Waals surface area contributed by atoms with E-state index >= 15 is 0 Å². The van der Waals surface area contributed by atoms with E-state index in [-0.39, 0.29) is 10.8 Å². The van der Waals surface area contributed by atoms with Gasteiger partial charge in [0.1, 0.15) is 0 Å². The molecule has 2 aromatic rings. The van der Waals surface area contributed by atoms with E-state index in [1.54, 1.807) is 37.8 Å². The maximum Gasteiger partial charge on any atom is 0.253 e. The Morgan fingerprint density at radius 1 is 0.966 bits per heavy atom. The van der Waals surface area contributed by atoms with E-state index in [1.165, 1.54) is 17.7 Å². The number of carbonyl (C=O) groups excluding carboxylic acids is 1. The molecule has 1 heterocycles. The van der Waals surface area contributed by atoms with Gasteiger partial charge in [-0.15, -0.1) is 0 Å². The van der Waals surface area contributed by atoms with E-state index in [9.17, 15) is 13.2 Å². The molecular formula is C22H29N3O3S. The fraction of sp³-hybridized carbons (Fsp3) is 0.409. The maximum atomic E-state index is 12.9. The first-order chi connectivity index (χ1) is 13.6. The van der Waals surface area contributed by atoms with E-state index in [1.807, 2.05) is 18.2 Å². The predicted molar refractivity (Wildman–Crippen MR) is 114 cm³/mol. The molecule has 1 amide bonds. The third-order valence-corrected chi connectivity index (χ3v) is 6.50. The first-order valence-corrected chi connectivity index (χ1v) is 11.3. The van der Waals surface area contributed by atoms with Crippen LogP contribution in [0.2, 0.25) is 0 Å². The fourth-order valence-corrected chi connectivity index (χ4v) is 4.86. The Labute approximate surface area is 173 Å². The molecule has 1 aliphatic heterocycles. The van der Waals surface area contributed by atoms with Gasteiger partial charge in [0.2, 0.25) is 10.0 Å². The highest BCUT2D eigenvalue weighted by Gasteiger charge is 2.25. The molecule has 0 unspecified atom stereocenters. The molecule has 156 valence electrons. The summed E-state index contributed by atoms with van der Waals surface area (Å²) in [4.78, 5) is 17.2. The van der Waals surface area contributed by atoms with Gasteiger partial charge in [-0.3, -0.25) is 9.69 Å². The molecule has 0 radical (unpaired) electrons. The number of carbonyl (C=O) groups is 1. The summed E-state index contributed by atoms with van der Waals surface area (Å²) in [5.74, 6) is -0.128. The fourth-order valence-electron chi connectivity index (χ4n) is 3.39. The van der Waals surface area contributed by atoms with Crippen LogP contribution in [-0.4, -0.2) is 55.8 Å². The number of amides is 1. The molecule has 6 nitrogen and oxygen atoms in total. The molecule has 1 aliphatic rings. The second-order valence-electron chi connectivity index (χ2n) is 8.44.